The summed E-state index contributed by atoms with van der Waals surface area (Å²) in [7, 11) is 0. The fraction of sp³-hybridized carbons (Fsp3) is 0.333. The van der Waals surface area contributed by atoms with Crippen molar-refractivity contribution in [3.63, 3.8) is 0 Å². The molecule has 0 amide bonds. The number of ether oxygens (including phenoxy) is 1. The van der Waals surface area contributed by atoms with Crippen molar-refractivity contribution in [1.29, 1.82) is 0 Å². The molecule has 84 valence electrons. The molecule has 0 saturated carbocycles. The van der Waals surface area contributed by atoms with Crippen molar-refractivity contribution in [1.82, 2.24) is 0 Å². The van der Waals surface area contributed by atoms with E-state index in [-0.39, 0.29) is 18.3 Å². The summed E-state index contributed by atoms with van der Waals surface area (Å²) in [5.74, 6) is -0.268. The molecule has 0 radical (unpaired) electrons. The number of nitrogens with two attached hydrogens (primary N) is 2. The van der Waals surface area contributed by atoms with Gasteiger partial charge in [0.15, 0.2) is 0 Å². The summed E-state index contributed by atoms with van der Waals surface area (Å²) in [6, 6.07) is 4.96. The third kappa shape index (κ3) is 3.77. The number of benzene rings is 1. The van der Waals surface area contributed by atoms with Crippen molar-refractivity contribution in [3.05, 3.63) is 29.8 Å². The quantitative estimate of drug-likeness (QED) is 0.812. The van der Waals surface area contributed by atoms with E-state index in [9.17, 15) is 13.2 Å². The average molecular weight is 220 g/mol. The van der Waals surface area contributed by atoms with Gasteiger partial charge in [0.05, 0.1) is 0 Å². The Morgan fingerprint density at radius 3 is 2.13 bits per heavy atom. The second-order valence-corrected chi connectivity index (χ2v) is 2.96. The summed E-state index contributed by atoms with van der Waals surface area (Å²) in [6.45, 7) is 0.236. The zero-order chi connectivity index (χ0) is 11.5. The van der Waals surface area contributed by atoms with Crippen LogP contribution in [0.3, 0.4) is 0 Å². The number of hydrogen-bond acceptors (Lipinski definition) is 3. The molecule has 0 saturated heterocycles. The number of halogens is 3. The van der Waals surface area contributed by atoms with Gasteiger partial charge in [-0.3, -0.25) is 0 Å². The molecule has 0 aliphatic heterocycles. The summed E-state index contributed by atoms with van der Waals surface area (Å²) in [6.07, 6.45) is -4.67. The first kappa shape index (κ1) is 11.8. The predicted octanol–water partition coefficient (Wildman–Crippen LogP) is 1.54. The van der Waals surface area contributed by atoms with Crippen LogP contribution in [0.1, 0.15) is 11.6 Å². The van der Waals surface area contributed by atoms with Gasteiger partial charge in [-0.15, -0.1) is 13.2 Å². The first-order valence-electron chi connectivity index (χ1n) is 4.24. The van der Waals surface area contributed by atoms with E-state index in [1.807, 2.05) is 0 Å². The lowest BCUT2D eigenvalue weighted by molar-refractivity contribution is -0.274. The fourth-order valence-electron chi connectivity index (χ4n) is 1.05. The van der Waals surface area contributed by atoms with Crippen LogP contribution in [0, 0.1) is 0 Å². The van der Waals surface area contributed by atoms with Crippen LogP contribution in [0.15, 0.2) is 24.3 Å². The second-order valence-electron chi connectivity index (χ2n) is 2.96. The maximum absolute atomic E-state index is 11.8. The van der Waals surface area contributed by atoms with Gasteiger partial charge in [0, 0.05) is 12.6 Å². The molecule has 0 bridgehead atoms. The smallest absolute Gasteiger partial charge is 0.406 e. The molecule has 3 nitrogen and oxygen atoms in total. The van der Waals surface area contributed by atoms with Crippen LogP contribution >= 0.6 is 0 Å². The van der Waals surface area contributed by atoms with Crippen molar-refractivity contribution in [2.45, 2.75) is 12.4 Å². The second kappa shape index (κ2) is 4.50. The highest BCUT2D eigenvalue weighted by atomic mass is 19.4. The van der Waals surface area contributed by atoms with Crippen LogP contribution < -0.4 is 16.2 Å². The minimum Gasteiger partial charge on any atom is -0.406 e. The van der Waals surface area contributed by atoms with Gasteiger partial charge in [0.25, 0.3) is 0 Å². The minimum atomic E-state index is -4.67. The van der Waals surface area contributed by atoms with Crippen LogP contribution in [-0.4, -0.2) is 12.9 Å². The molecule has 0 heterocycles. The molecule has 1 rings (SSSR count). The van der Waals surface area contributed by atoms with Crippen molar-refractivity contribution < 1.29 is 17.9 Å². The number of alkyl halides is 3. The number of rotatable bonds is 3. The van der Waals surface area contributed by atoms with E-state index < -0.39 is 6.36 Å². The Hall–Kier alpha value is -1.27. The highest BCUT2D eigenvalue weighted by molar-refractivity contribution is 5.29. The Balaban J connectivity index is 2.72. The molecule has 0 aromatic heterocycles. The molecular formula is C9H11F3N2O. The Kier molecular flexibility index (Phi) is 3.54. The lowest BCUT2D eigenvalue weighted by Crippen LogP contribution is -2.21. The molecule has 6 heteroatoms. The zero-order valence-electron chi connectivity index (χ0n) is 7.79. The zero-order valence-corrected chi connectivity index (χ0v) is 7.79. The van der Waals surface area contributed by atoms with Gasteiger partial charge in [-0.1, -0.05) is 12.1 Å². The Morgan fingerprint density at radius 2 is 1.73 bits per heavy atom. The Labute approximate surface area is 84.8 Å². The van der Waals surface area contributed by atoms with Gasteiger partial charge in [0.2, 0.25) is 0 Å². The van der Waals surface area contributed by atoms with Crippen molar-refractivity contribution in [2.75, 3.05) is 6.54 Å². The Morgan fingerprint density at radius 1 is 1.20 bits per heavy atom. The SMILES string of the molecule is NC[C@@H](N)c1ccc(OC(F)(F)F)cc1. The fourth-order valence-corrected chi connectivity index (χ4v) is 1.05. The monoisotopic (exact) mass is 220 g/mol. The minimum absolute atomic E-state index is 0.236. The summed E-state index contributed by atoms with van der Waals surface area (Å²) in [5.41, 5.74) is 11.6. The highest BCUT2D eigenvalue weighted by Crippen LogP contribution is 2.23. The Bertz CT molecular complexity index is 310. The molecule has 0 fully saturated rings. The summed E-state index contributed by atoms with van der Waals surface area (Å²) in [4.78, 5) is 0. The largest absolute Gasteiger partial charge is 0.573 e. The lowest BCUT2D eigenvalue weighted by Gasteiger charge is -2.11. The van der Waals surface area contributed by atoms with Gasteiger partial charge in [-0.2, -0.15) is 0 Å². The summed E-state index contributed by atoms with van der Waals surface area (Å²) < 4.78 is 39.1. The van der Waals surface area contributed by atoms with E-state index in [0.29, 0.717) is 5.56 Å². The van der Waals surface area contributed by atoms with Crippen molar-refractivity contribution >= 4 is 0 Å². The normalized spacial score (nSPS) is 13.7. The first-order chi connectivity index (χ1) is 6.92. The molecule has 1 aromatic carbocycles. The van der Waals surface area contributed by atoms with Crippen LogP contribution in [0.25, 0.3) is 0 Å². The van der Waals surface area contributed by atoms with E-state index in [4.69, 9.17) is 11.5 Å². The molecular weight excluding hydrogens is 209 g/mol. The van der Waals surface area contributed by atoms with Gasteiger partial charge in [-0.25, -0.2) is 0 Å². The van der Waals surface area contributed by atoms with Crippen LogP contribution in [0.4, 0.5) is 13.2 Å². The molecule has 0 aliphatic carbocycles. The van der Waals surface area contributed by atoms with Gasteiger partial charge in [-0.05, 0) is 17.7 Å². The molecule has 1 atom stereocenters. The number of hydrogen-bond donors (Lipinski definition) is 2. The topological polar surface area (TPSA) is 61.3 Å². The first-order valence-corrected chi connectivity index (χ1v) is 4.24. The van der Waals surface area contributed by atoms with E-state index >= 15 is 0 Å². The van der Waals surface area contributed by atoms with Gasteiger partial charge < -0.3 is 16.2 Å². The van der Waals surface area contributed by atoms with Crippen LogP contribution in [0.5, 0.6) is 5.75 Å². The maximum atomic E-state index is 11.8. The standard InChI is InChI=1S/C9H11F3N2O/c10-9(11,12)15-7-3-1-6(2-4-7)8(14)5-13/h1-4,8H,5,13-14H2/t8-/m1/s1. The lowest BCUT2D eigenvalue weighted by atomic mass is 10.1. The average Bonchev–Trinajstić information content (AvgIpc) is 2.15. The molecule has 0 spiro atoms. The summed E-state index contributed by atoms with van der Waals surface area (Å²) >= 11 is 0. The van der Waals surface area contributed by atoms with Crippen molar-refractivity contribution in [3.8, 4) is 5.75 Å². The van der Waals surface area contributed by atoms with Gasteiger partial charge >= 0.3 is 6.36 Å². The van der Waals surface area contributed by atoms with E-state index in [1.165, 1.54) is 24.3 Å². The van der Waals surface area contributed by atoms with Crippen molar-refractivity contribution in [2.24, 2.45) is 11.5 Å². The van der Waals surface area contributed by atoms with Gasteiger partial charge in [0.1, 0.15) is 5.75 Å². The van der Waals surface area contributed by atoms with E-state index in [0.717, 1.165) is 0 Å². The van der Waals surface area contributed by atoms with Crippen LogP contribution in [0.2, 0.25) is 0 Å². The predicted molar refractivity (Wildman–Crippen MR) is 49.1 cm³/mol. The molecule has 1 aromatic rings. The highest BCUT2D eigenvalue weighted by Gasteiger charge is 2.30. The third-order valence-electron chi connectivity index (χ3n) is 1.80. The molecule has 0 aliphatic rings. The molecule has 15 heavy (non-hydrogen) atoms. The van der Waals surface area contributed by atoms with E-state index in [1.54, 1.807) is 0 Å². The molecule has 0 unspecified atom stereocenters. The summed E-state index contributed by atoms with van der Waals surface area (Å²) in [5, 5.41) is 0. The maximum Gasteiger partial charge on any atom is 0.573 e. The third-order valence-corrected chi connectivity index (χ3v) is 1.80. The van der Waals surface area contributed by atoms with E-state index in [2.05, 4.69) is 4.74 Å². The molecule has 4 N–H and O–H groups in total. The van der Waals surface area contributed by atoms with Crippen LogP contribution in [-0.2, 0) is 0 Å².